The lowest BCUT2D eigenvalue weighted by atomic mass is 10.3. The minimum Gasteiger partial charge on any atom is -0.466 e. The molecule has 6 heteroatoms. The van der Waals surface area contributed by atoms with Gasteiger partial charge in [0.05, 0.1) is 6.61 Å². The number of nitrogens with one attached hydrogen (secondary N) is 1. The van der Waals surface area contributed by atoms with Gasteiger partial charge < -0.3 is 14.8 Å². The zero-order valence-corrected chi connectivity index (χ0v) is 13.2. The summed E-state index contributed by atoms with van der Waals surface area (Å²) in [7, 11) is 3.52. The van der Waals surface area contributed by atoms with Gasteiger partial charge in [-0.25, -0.2) is 0 Å². The van der Waals surface area contributed by atoms with Crippen LogP contribution in [0.2, 0.25) is 0 Å². The van der Waals surface area contributed by atoms with E-state index in [0.29, 0.717) is 31.6 Å². The van der Waals surface area contributed by atoms with Crippen LogP contribution in [0.5, 0.6) is 0 Å². The molecule has 0 fully saturated rings. The van der Waals surface area contributed by atoms with Gasteiger partial charge in [-0.05, 0) is 13.3 Å². The van der Waals surface area contributed by atoms with Crippen LogP contribution in [-0.2, 0) is 14.3 Å². The van der Waals surface area contributed by atoms with Crippen LogP contribution in [0.25, 0.3) is 0 Å². The molecule has 0 saturated carbocycles. The number of esters is 1. The maximum atomic E-state index is 11.0. The number of carbonyl (C=O) groups excluding carboxylic acids is 1. The molecule has 0 spiro atoms. The highest BCUT2D eigenvalue weighted by atomic mass is 33.1. The van der Waals surface area contributed by atoms with Crippen LogP contribution in [0, 0.1) is 0 Å². The standard InChI is InChI=1S/C12H25NO3S2/c1-4-16-12(14)6-5-8-15-10-18-17-9-7-13-11(2)3/h11,13H,4-10H2,1-3H3. The van der Waals surface area contributed by atoms with E-state index in [-0.39, 0.29) is 5.97 Å². The molecule has 1 N–H and O–H groups in total. The van der Waals surface area contributed by atoms with Crippen molar-refractivity contribution in [3.05, 3.63) is 0 Å². The summed E-state index contributed by atoms with van der Waals surface area (Å²) in [4.78, 5) is 11.0. The molecule has 108 valence electrons. The van der Waals surface area contributed by atoms with Crippen molar-refractivity contribution >= 4 is 27.6 Å². The van der Waals surface area contributed by atoms with Gasteiger partial charge in [-0.3, -0.25) is 4.79 Å². The predicted molar refractivity (Wildman–Crippen MR) is 79.9 cm³/mol. The average Bonchev–Trinajstić information content (AvgIpc) is 2.31. The van der Waals surface area contributed by atoms with Crippen molar-refractivity contribution in [2.24, 2.45) is 0 Å². The smallest absolute Gasteiger partial charge is 0.305 e. The lowest BCUT2D eigenvalue weighted by molar-refractivity contribution is -0.143. The van der Waals surface area contributed by atoms with E-state index in [1.54, 1.807) is 21.6 Å². The quantitative estimate of drug-likeness (QED) is 0.258. The summed E-state index contributed by atoms with van der Waals surface area (Å²) in [6.45, 7) is 8.21. The van der Waals surface area contributed by atoms with Gasteiger partial charge in [-0.1, -0.05) is 35.4 Å². The summed E-state index contributed by atoms with van der Waals surface area (Å²) in [5.74, 6) is 1.62. The Balaban J connectivity index is 3.05. The Kier molecular flexibility index (Phi) is 13.6. The van der Waals surface area contributed by atoms with Crippen LogP contribution in [0.3, 0.4) is 0 Å². The number of hydrogen-bond acceptors (Lipinski definition) is 6. The molecule has 0 radical (unpaired) electrons. The van der Waals surface area contributed by atoms with E-state index >= 15 is 0 Å². The SMILES string of the molecule is CCOC(=O)CCCOCSSCCNC(C)C. The monoisotopic (exact) mass is 295 g/mol. The Morgan fingerprint density at radius 2 is 2.11 bits per heavy atom. The van der Waals surface area contributed by atoms with Gasteiger partial charge in [0.1, 0.15) is 5.94 Å². The van der Waals surface area contributed by atoms with Crippen LogP contribution in [0.15, 0.2) is 0 Å². The van der Waals surface area contributed by atoms with Crippen LogP contribution >= 0.6 is 21.6 Å². The molecule has 18 heavy (non-hydrogen) atoms. The molecule has 0 saturated heterocycles. The second-order valence-corrected chi connectivity index (χ2v) is 6.51. The predicted octanol–water partition coefficient (Wildman–Crippen LogP) is 2.68. The van der Waals surface area contributed by atoms with Gasteiger partial charge in [0.2, 0.25) is 0 Å². The van der Waals surface area contributed by atoms with Crippen LogP contribution < -0.4 is 5.32 Å². The maximum Gasteiger partial charge on any atom is 0.305 e. The largest absolute Gasteiger partial charge is 0.466 e. The third-order valence-electron chi connectivity index (χ3n) is 1.93. The van der Waals surface area contributed by atoms with Crippen molar-refractivity contribution in [1.82, 2.24) is 5.32 Å². The highest BCUT2D eigenvalue weighted by molar-refractivity contribution is 8.76. The van der Waals surface area contributed by atoms with E-state index < -0.39 is 0 Å². The van der Waals surface area contributed by atoms with Crippen molar-refractivity contribution in [1.29, 1.82) is 0 Å². The van der Waals surface area contributed by atoms with Crippen LogP contribution in [0.1, 0.15) is 33.6 Å². The maximum absolute atomic E-state index is 11.0. The highest BCUT2D eigenvalue weighted by Crippen LogP contribution is 2.20. The summed E-state index contributed by atoms with van der Waals surface area (Å²) in [5, 5.41) is 3.35. The second kappa shape index (κ2) is 13.5. The molecule has 0 unspecified atom stereocenters. The van der Waals surface area contributed by atoms with Crippen molar-refractivity contribution in [3.63, 3.8) is 0 Å². The summed E-state index contributed by atoms with van der Waals surface area (Å²) >= 11 is 0. The topological polar surface area (TPSA) is 47.6 Å². The molecule has 0 atom stereocenters. The number of ether oxygens (including phenoxy) is 2. The average molecular weight is 295 g/mol. The molecule has 0 rings (SSSR count). The molecule has 0 bridgehead atoms. The number of hydrogen-bond donors (Lipinski definition) is 1. The second-order valence-electron chi connectivity index (χ2n) is 3.98. The molecule has 0 aliphatic heterocycles. The molecule has 0 aliphatic rings. The van der Waals surface area contributed by atoms with Gasteiger partial charge >= 0.3 is 5.97 Å². The zero-order valence-electron chi connectivity index (χ0n) is 11.6. The number of carbonyl (C=O) groups is 1. The first-order chi connectivity index (χ1) is 8.66. The third-order valence-corrected chi connectivity index (χ3v) is 4.02. The van der Waals surface area contributed by atoms with Gasteiger partial charge in [0.15, 0.2) is 0 Å². The van der Waals surface area contributed by atoms with E-state index in [4.69, 9.17) is 9.47 Å². The van der Waals surface area contributed by atoms with Crippen LogP contribution in [0.4, 0.5) is 0 Å². The summed E-state index contributed by atoms with van der Waals surface area (Å²) < 4.78 is 10.2. The first kappa shape index (κ1) is 18.1. The Labute approximate surface area is 118 Å². The fraction of sp³-hybridized carbons (Fsp3) is 0.917. The number of rotatable bonds is 12. The van der Waals surface area contributed by atoms with Gasteiger partial charge in [-0.15, -0.1) is 0 Å². The minimum absolute atomic E-state index is 0.136. The molecule has 0 heterocycles. The molecule has 0 aromatic heterocycles. The fourth-order valence-corrected chi connectivity index (χ4v) is 2.71. The third kappa shape index (κ3) is 14.2. The minimum atomic E-state index is -0.136. The highest BCUT2D eigenvalue weighted by Gasteiger charge is 2.00. The van der Waals surface area contributed by atoms with E-state index in [1.165, 1.54) is 0 Å². The van der Waals surface area contributed by atoms with E-state index in [9.17, 15) is 4.79 Å². The van der Waals surface area contributed by atoms with Crippen molar-refractivity contribution in [3.8, 4) is 0 Å². The van der Waals surface area contributed by atoms with E-state index in [0.717, 1.165) is 18.7 Å². The summed E-state index contributed by atoms with van der Waals surface area (Å²) in [6.07, 6.45) is 1.18. The lowest BCUT2D eigenvalue weighted by Crippen LogP contribution is -2.24. The Bertz CT molecular complexity index is 204. The Morgan fingerprint density at radius 3 is 2.78 bits per heavy atom. The lowest BCUT2D eigenvalue weighted by Gasteiger charge is -2.07. The zero-order chi connectivity index (χ0) is 13.6. The van der Waals surface area contributed by atoms with Gasteiger partial charge in [0.25, 0.3) is 0 Å². The molecular formula is C12H25NO3S2. The van der Waals surface area contributed by atoms with Crippen molar-refractivity contribution in [2.75, 3.05) is 31.5 Å². The normalized spacial score (nSPS) is 10.9. The first-order valence-corrected chi connectivity index (χ1v) is 8.86. The summed E-state index contributed by atoms with van der Waals surface area (Å²) in [6, 6.07) is 0.551. The van der Waals surface area contributed by atoms with Crippen molar-refractivity contribution in [2.45, 2.75) is 39.7 Å². The van der Waals surface area contributed by atoms with Crippen molar-refractivity contribution < 1.29 is 14.3 Å². The molecule has 0 aliphatic carbocycles. The van der Waals surface area contributed by atoms with Crippen LogP contribution in [-0.4, -0.2) is 43.5 Å². The molecule has 0 amide bonds. The molecule has 0 aromatic carbocycles. The van der Waals surface area contributed by atoms with Gasteiger partial charge in [-0.2, -0.15) is 0 Å². The summed E-state index contributed by atoms with van der Waals surface area (Å²) in [5.41, 5.74) is 0. The van der Waals surface area contributed by atoms with E-state index in [1.807, 2.05) is 6.92 Å². The molecule has 0 aromatic rings. The van der Waals surface area contributed by atoms with E-state index in [2.05, 4.69) is 19.2 Å². The molecular weight excluding hydrogens is 270 g/mol. The molecule has 4 nitrogen and oxygen atoms in total. The Morgan fingerprint density at radius 1 is 1.33 bits per heavy atom. The van der Waals surface area contributed by atoms with Gasteiger partial charge in [0, 0.05) is 31.4 Å². The fourth-order valence-electron chi connectivity index (χ4n) is 1.13. The Hall–Kier alpha value is 0.0900. The first-order valence-electron chi connectivity index (χ1n) is 6.38.